The van der Waals surface area contributed by atoms with Crippen LogP contribution < -0.4 is 0 Å². The first kappa shape index (κ1) is 12.6. The van der Waals surface area contributed by atoms with Crippen LogP contribution in [0.25, 0.3) is 10.8 Å². The molecule has 0 amide bonds. The Balaban J connectivity index is 1.87. The maximum Gasteiger partial charge on any atom is 0.356 e. The summed E-state index contributed by atoms with van der Waals surface area (Å²) in [5.74, 6) is -1.07. The predicted octanol–water partition coefficient (Wildman–Crippen LogP) is 3.48. The summed E-state index contributed by atoms with van der Waals surface area (Å²) in [6.07, 6.45) is 2.75. The van der Waals surface area contributed by atoms with Gasteiger partial charge in [-0.05, 0) is 22.9 Å². The number of carboxylic acids is 1. The molecule has 0 radical (unpaired) electrons. The zero-order valence-corrected chi connectivity index (χ0v) is 11.2. The average molecular weight is 282 g/mol. The van der Waals surface area contributed by atoms with Gasteiger partial charge in [0.25, 0.3) is 0 Å². The molecule has 0 unspecified atom stereocenters. The molecule has 5 heteroatoms. The van der Waals surface area contributed by atoms with Crippen molar-refractivity contribution in [1.29, 1.82) is 0 Å². The predicted molar refractivity (Wildman–Crippen MR) is 77.1 cm³/mol. The van der Waals surface area contributed by atoms with Gasteiger partial charge in [-0.2, -0.15) is 0 Å². The number of carbonyl (C=O) groups is 1. The van der Waals surface area contributed by atoms with Crippen molar-refractivity contribution in [3.05, 3.63) is 60.6 Å². The fraction of sp³-hybridized carbons (Fsp3) is 0. The van der Waals surface area contributed by atoms with E-state index in [9.17, 15) is 4.79 Å². The Morgan fingerprint density at radius 1 is 1.00 bits per heavy atom. The van der Waals surface area contributed by atoms with Gasteiger partial charge in [-0.1, -0.05) is 42.1 Å². The Kier molecular flexibility index (Phi) is 3.35. The Labute approximate surface area is 119 Å². The Morgan fingerprint density at radius 2 is 1.80 bits per heavy atom. The minimum Gasteiger partial charge on any atom is -0.476 e. The van der Waals surface area contributed by atoms with E-state index in [0.29, 0.717) is 5.03 Å². The number of benzene rings is 2. The topological polar surface area (TPSA) is 63.1 Å². The SMILES string of the molecule is O=C(O)c1cnc(Sc2ccc3ccccc3c2)cn1. The molecule has 0 aliphatic rings. The van der Waals surface area contributed by atoms with Crippen LogP contribution in [-0.4, -0.2) is 21.0 Å². The Morgan fingerprint density at radius 3 is 2.50 bits per heavy atom. The van der Waals surface area contributed by atoms with Crippen LogP contribution in [0.15, 0.2) is 64.8 Å². The molecule has 0 atom stereocenters. The third-order valence-corrected chi connectivity index (χ3v) is 3.70. The molecule has 2 aromatic carbocycles. The fourth-order valence-electron chi connectivity index (χ4n) is 1.83. The van der Waals surface area contributed by atoms with Crippen LogP contribution in [0, 0.1) is 0 Å². The summed E-state index contributed by atoms with van der Waals surface area (Å²) in [4.78, 5) is 19.7. The minimum absolute atomic E-state index is 0.0483. The Hall–Kier alpha value is -2.40. The molecule has 1 N–H and O–H groups in total. The summed E-state index contributed by atoms with van der Waals surface area (Å²) in [5.41, 5.74) is -0.0483. The van der Waals surface area contributed by atoms with Gasteiger partial charge in [-0.15, -0.1) is 0 Å². The second kappa shape index (κ2) is 5.30. The highest BCUT2D eigenvalue weighted by molar-refractivity contribution is 7.99. The van der Waals surface area contributed by atoms with Gasteiger partial charge >= 0.3 is 5.97 Å². The van der Waals surface area contributed by atoms with Crippen LogP contribution in [0.4, 0.5) is 0 Å². The van der Waals surface area contributed by atoms with Gasteiger partial charge in [0, 0.05) is 4.90 Å². The van der Waals surface area contributed by atoms with Crippen molar-refractivity contribution in [2.75, 3.05) is 0 Å². The van der Waals surface area contributed by atoms with Gasteiger partial charge in [0.05, 0.1) is 12.4 Å². The molecule has 1 aromatic heterocycles. The fourth-order valence-corrected chi connectivity index (χ4v) is 2.61. The first-order valence-corrected chi connectivity index (χ1v) is 6.76. The van der Waals surface area contributed by atoms with E-state index in [1.54, 1.807) is 0 Å². The zero-order chi connectivity index (χ0) is 13.9. The molecule has 0 aliphatic carbocycles. The number of nitrogens with zero attached hydrogens (tertiary/aromatic N) is 2. The highest BCUT2D eigenvalue weighted by Crippen LogP contribution is 2.28. The van der Waals surface area contributed by atoms with Crippen LogP contribution in [0.1, 0.15) is 10.5 Å². The van der Waals surface area contributed by atoms with E-state index >= 15 is 0 Å². The van der Waals surface area contributed by atoms with Gasteiger partial charge in [0.1, 0.15) is 5.03 Å². The summed E-state index contributed by atoms with van der Waals surface area (Å²) < 4.78 is 0. The molecule has 98 valence electrons. The first-order valence-electron chi connectivity index (χ1n) is 5.94. The maximum absolute atomic E-state index is 10.7. The molecule has 1 heterocycles. The van der Waals surface area contributed by atoms with Crippen LogP contribution in [0.5, 0.6) is 0 Å². The maximum atomic E-state index is 10.7. The van der Waals surface area contributed by atoms with Crippen molar-refractivity contribution < 1.29 is 9.90 Å². The van der Waals surface area contributed by atoms with E-state index in [2.05, 4.69) is 34.2 Å². The number of aromatic nitrogens is 2. The standard InChI is InChI=1S/C15H10N2O2S/c18-15(19)13-8-17-14(9-16-13)20-12-6-5-10-3-1-2-4-11(10)7-12/h1-9H,(H,18,19). The number of hydrogen-bond acceptors (Lipinski definition) is 4. The summed E-state index contributed by atoms with van der Waals surface area (Å²) in [6, 6.07) is 14.3. The van der Waals surface area contributed by atoms with Crippen molar-refractivity contribution in [3.63, 3.8) is 0 Å². The van der Waals surface area contributed by atoms with Crippen LogP contribution in [0.2, 0.25) is 0 Å². The summed E-state index contributed by atoms with van der Waals surface area (Å²) in [6.45, 7) is 0. The number of hydrogen-bond donors (Lipinski definition) is 1. The molecule has 0 saturated heterocycles. The average Bonchev–Trinajstić information content (AvgIpc) is 2.48. The number of aromatic carboxylic acids is 1. The lowest BCUT2D eigenvalue weighted by Crippen LogP contribution is -2.00. The Bertz CT molecular complexity index is 772. The smallest absolute Gasteiger partial charge is 0.356 e. The van der Waals surface area contributed by atoms with Gasteiger partial charge < -0.3 is 5.11 Å². The van der Waals surface area contributed by atoms with E-state index in [-0.39, 0.29) is 5.69 Å². The normalized spacial score (nSPS) is 10.6. The van der Waals surface area contributed by atoms with E-state index < -0.39 is 5.97 Å². The van der Waals surface area contributed by atoms with Crippen molar-refractivity contribution in [2.45, 2.75) is 9.92 Å². The number of rotatable bonds is 3. The molecular weight excluding hydrogens is 272 g/mol. The lowest BCUT2D eigenvalue weighted by molar-refractivity contribution is 0.0689. The third kappa shape index (κ3) is 2.62. The molecule has 4 nitrogen and oxygen atoms in total. The van der Waals surface area contributed by atoms with E-state index in [1.807, 2.05) is 18.2 Å². The van der Waals surface area contributed by atoms with Gasteiger partial charge in [0.15, 0.2) is 5.69 Å². The number of carboxylic acid groups (broad SMARTS) is 1. The van der Waals surface area contributed by atoms with E-state index in [0.717, 1.165) is 10.3 Å². The highest BCUT2D eigenvalue weighted by Gasteiger charge is 2.06. The lowest BCUT2D eigenvalue weighted by Gasteiger charge is -2.03. The van der Waals surface area contributed by atoms with E-state index in [4.69, 9.17) is 5.11 Å². The van der Waals surface area contributed by atoms with Crippen molar-refractivity contribution in [1.82, 2.24) is 9.97 Å². The van der Waals surface area contributed by atoms with Crippen LogP contribution in [-0.2, 0) is 0 Å². The first-order chi connectivity index (χ1) is 9.72. The monoisotopic (exact) mass is 282 g/mol. The molecule has 3 rings (SSSR count). The lowest BCUT2D eigenvalue weighted by atomic mass is 10.1. The minimum atomic E-state index is -1.07. The van der Waals surface area contributed by atoms with Crippen molar-refractivity contribution in [2.24, 2.45) is 0 Å². The summed E-state index contributed by atoms with van der Waals surface area (Å²) in [5, 5.41) is 11.8. The molecule has 0 spiro atoms. The quantitative estimate of drug-likeness (QED) is 0.796. The molecule has 3 aromatic rings. The third-order valence-electron chi connectivity index (χ3n) is 2.79. The molecular formula is C15H10N2O2S. The summed E-state index contributed by atoms with van der Waals surface area (Å²) in [7, 11) is 0. The molecule has 0 fully saturated rings. The molecule has 0 saturated carbocycles. The van der Waals surface area contributed by atoms with Gasteiger partial charge in [-0.25, -0.2) is 14.8 Å². The van der Waals surface area contributed by atoms with Crippen LogP contribution >= 0.6 is 11.8 Å². The zero-order valence-electron chi connectivity index (χ0n) is 10.4. The van der Waals surface area contributed by atoms with Gasteiger partial charge in [-0.3, -0.25) is 0 Å². The highest BCUT2D eigenvalue weighted by atomic mass is 32.2. The van der Waals surface area contributed by atoms with Crippen molar-refractivity contribution >= 4 is 28.5 Å². The second-order valence-electron chi connectivity index (χ2n) is 4.16. The largest absolute Gasteiger partial charge is 0.476 e. The van der Waals surface area contributed by atoms with E-state index in [1.165, 1.54) is 29.5 Å². The van der Waals surface area contributed by atoms with Gasteiger partial charge in [0.2, 0.25) is 0 Å². The summed E-state index contributed by atoms with van der Waals surface area (Å²) >= 11 is 1.46. The molecule has 20 heavy (non-hydrogen) atoms. The van der Waals surface area contributed by atoms with Crippen LogP contribution in [0.3, 0.4) is 0 Å². The molecule has 0 bridgehead atoms. The van der Waals surface area contributed by atoms with Crippen molar-refractivity contribution in [3.8, 4) is 0 Å². The number of fused-ring (bicyclic) bond motifs is 1. The second-order valence-corrected chi connectivity index (χ2v) is 5.25. The molecule has 0 aliphatic heterocycles.